The molecule has 0 aromatic heterocycles. The van der Waals surface area contributed by atoms with Crippen molar-refractivity contribution in [1.82, 2.24) is 4.90 Å². The second-order valence-electron chi connectivity index (χ2n) is 3.21. The second kappa shape index (κ2) is 3.57. The van der Waals surface area contributed by atoms with Crippen LogP contribution in [0.1, 0.15) is 26.7 Å². The van der Waals surface area contributed by atoms with E-state index in [1.54, 1.807) is 11.8 Å². The van der Waals surface area contributed by atoms with Crippen molar-refractivity contribution >= 4 is 5.91 Å². The van der Waals surface area contributed by atoms with Gasteiger partial charge in [0.15, 0.2) is 0 Å². The quantitative estimate of drug-likeness (QED) is 0.617. The predicted octanol–water partition coefficient (Wildman–Crippen LogP) is 1.16. The van der Waals surface area contributed by atoms with Crippen LogP contribution in [0.5, 0.6) is 0 Å². The Kier molecular flexibility index (Phi) is 2.69. The highest BCUT2D eigenvalue weighted by atomic mass is 16.2. The molecule has 0 saturated carbocycles. The smallest absolute Gasteiger partial charge is 0.219 e. The Morgan fingerprint density at radius 2 is 2.50 bits per heavy atom. The van der Waals surface area contributed by atoms with E-state index in [2.05, 4.69) is 6.07 Å². The van der Waals surface area contributed by atoms with E-state index in [9.17, 15) is 4.79 Å². The molecule has 3 heteroatoms. The molecule has 2 unspecified atom stereocenters. The van der Waals surface area contributed by atoms with E-state index in [1.165, 1.54) is 0 Å². The Morgan fingerprint density at radius 3 is 2.75 bits per heavy atom. The van der Waals surface area contributed by atoms with Crippen molar-refractivity contribution < 1.29 is 4.79 Å². The van der Waals surface area contributed by atoms with Gasteiger partial charge in [-0.2, -0.15) is 5.26 Å². The Morgan fingerprint density at radius 1 is 1.83 bits per heavy atom. The molecule has 1 saturated heterocycles. The maximum Gasteiger partial charge on any atom is 0.219 e. The molecule has 0 radical (unpaired) electrons. The van der Waals surface area contributed by atoms with Gasteiger partial charge in [0.05, 0.1) is 12.0 Å². The number of rotatable bonds is 2. The Balaban J connectivity index is 2.54. The fraction of sp³-hybridized carbons (Fsp3) is 0.778. The lowest BCUT2D eigenvalue weighted by Crippen LogP contribution is -2.53. The highest BCUT2D eigenvalue weighted by Gasteiger charge is 2.35. The van der Waals surface area contributed by atoms with Gasteiger partial charge in [-0.1, -0.05) is 6.92 Å². The third-order valence-corrected chi connectivity index (χ3v) is 2.54. The highest BCUT2D eigenvalue weighted by Crippen LogP contribution is 2.26. The first-order chi connectivity index (χ1) is 5.70. The third kappa shape index (κ3) is 1.42. The maximum absolute atomic E-state index is 11.0. The molecular formula is C9H14N2O. The number of carbonyl (C=O) groups is 1. The topological polar surface area (TPSA) is 44.1 Å². The molecule has 1 aliphatic rings. The van der Waals surface area contributed by atoms with Gasteiger partial charge in [0.1, 0.15) is 0 Å². The van der Waals surface area contributed by atoms with Crippen molar-refractivity contribution in [1.29, 1.82) is 5.26 Å². The molecule has 1 amide bonds. The van der Waals surface area contributed by atoms with Crippen LogP contribution in [0, 0.1) is 17.2 Å². The molecule has 1 heterocycles. The summed E-state index contributed by atoms with van der Waals surface area (Å²) in [6.45, 7) is 4.39. The molecule has 0 aliphatic carbocycles. The molecule has 3 nitrogen and oxygen atoms in total. The first-order valence-corrected chi connectivity index (χ1v) is 4.37. The van der Waals surface area contributed by atoms with Crippen LogP contribution in [-0.2, 0) is 4.79 Å². The van der Waals surface area contributed by atoms with Gasteiger partial charge < -0.3 is 4.90 Å². The number of hydrogen-bond acceptors (Lipinski definition) is 2. The largest absolute Gasteiger partial charge is 0.338 e. The van der Waals surface area contributed by atoms with Crippen molar-refractivity contribution in [3.8, 4) is 6.07 Å². The lowest BCUT2D eigenvalue weighted by Gasteiger charge is -2.42. The monoisotopic (exact) mass is 166 g/mol. The van der Waals surface area contributed by atoms with Crippen LogP contribution in [0.2, 0.25) is 0 Å². The first kappa shape index (κ1) is 9.05. The van der Waals surface area contributed by atoms with Gasteiger partial charge in [0.25, 0.3) is 0 Å². The molecule has 66 valence electrons. The summed E-state index contributed by atoms with van der Waals surface area (Å²) in [6, 6.07) is 2.44. The lowest BCUT2D eigenvalue weighted by molar-refractivity contribution is -0.137. The molecule has 0 bridgehead atoms. The van der Waals surface area contributed by atoms with E-state index >= 15 is 0 Å². The Bertz CT molecular complexity index is 219. The van der Waals surface area contributed by atoms with E-state index in [4.69, 9.17) is 5.26 Å². The van der Waals surface area contributed by atoms with Crippen LogP contribution in [0.3, 0.4) is 0 Å². The van der Waals surface area contributed by atoms with Gasteiger partial charge in [-0.05, 0) is 12.8 Å². The van der Waals surface area contributed by atoms with Crippen LogP contribution < -0.4 is 0 Å². The average molecular weight is 166 g/mol. The van der Waals surface area contributed by atoms with E-state index in [1.807, 2.05) is 6.92 Å². The molecule has 0 spiro atoms. The number of likely N-dealkylation sites (tertiary alicyclic amines) is 1. The number of nitrogens with zero attached hydrogens (tertiary/aromatic N) is 2. The molecule has 0 aromatic rings. The molecule has 1 rings (SSSR count). The number of carbonyl (C=O) groups excluding carboxylic acids is 1. The van der Waals surface area contributed by atoms with E-state index < -0.39 is 0 Å². The zero-order valence-corrected chi connectivity index (χ0v) is 7.58. The van der Waals surface area contributed by atoms with E-state index in [-0.39, 0.29) is 17.9 Å². The fourth-order valence-corrected chi connectivity index (χ4v) is 1.67. The standard InChI is InChI=1S/C9H14N2O/c1-3-8(6-10)9-4-5-11(9)7(2)12/h8-9H,3-5H2,1-2H3. The van der Waals surface area contributed by atoms with E-state index in [0.717, 1.165) is 19.4 Å². The zero-order valence-electron chi connectivity index (χ0n) is 7.58. The van der Waals surface area contributed by atoms with Crippen LogP contribution in [0.25, 0.3) is 0 Å². The third-order valence-electron chi connectivity index (χ3n) is 2.54. The molecule has 2 atom stereocenters. The summed E-state index contributed by atoms with van der Waals surface area (Å²) in [6.07, 6.45) is 1.83. The molecular weight excluding hydrogens is 152 g/mol. The predicted molar refractivity (Wildman–Crippen MR) is 45.2 cm³/mol. The van der Waals surface area contributed by atoms with Crippen molar-refractivity contribution in [2.75, 3.05) is 6.54 Å². The minimum Gasteiger partial charge on any atom is -0.338 e. The summed E-state index contributed by atoms with van der Waals surface area (Å²) in [5.74, 6) is 0.127. The SMILES string of the molecule is CCC(C#N)C1CCN1C(C)=O. The van der Waals surface area contributed by atoms with Crippen LogP contribution in [0.4, 0.5) is 0 Å². The van der Waals surface area contributed by atoms with Gasteiger partial charge in [-0.25, -0.2) is 0 Å². The average Bonchev–Trinajstić information content (AvgIpc) is 1.96. The summed E-state index contributed by atoms with van der Waals surface area (Å²) < 4.78 is 0. The molecule has 0 N–H and O–H groups in total. The summed E-state index contributed by atoms with van der Waals surface area (Å²) in [4.78, 5) is 12.8. The first-order valence-electron chi connectivity index (χ1n) is 4.37. The summed E-state index contributed by atoms with van der Waals surface area (Å²) in [5, 5.41) is 8.77. The van der Waals surface area contributed by atoms with Gasteiger partial charge >= 0.3 is 0 Å². The molecule has 12 heavy (non-hydrogen) atoms. The number of amides is 1. The second-order valence-corrected chi connectivity index (χ2v) is 3.21. The number of hydrogen-bond donors (Lipinski definition) is 0. The van der Waals surface area contributed by atoms with Crippen LogP contribution in [-0.4, -0.2) is 23.4 Å². The maximum atomic E-state index is 11.0. The molecule has 1 fully saturated rings. The minimum atomic E-state index is 0.0302. The van der Waals surface area contributed by atoms with Gasteiger partial charge in [0.2, 0.25) is 5.91 Å². The van der Waals surface area contributed by atoms with Crippen molar-refractivity contribution in [2.24, 2.45) is 5.92 Å². The zero-order chi connectivity index (χ0) is 9.14. The normalized spacial score (nSPS) is 24.1. The van der Waals surface area contributed by atoms with Crippen LogP contribution in [0.15, 0.2) is 0 Å². The van der Waals surface area contributed by atoms with E-state index in [0.29, 0.717) is 0 Å². The van der Waals surface area contributed by atoms with Gasteiger partial charge in [-0.15, -0.1) is 0 Å². The number of nitriles is 1. The van der Waals surface area contributed by atoms with Crippen molar-refractivity contribution in [3.63, 3.8) is 0 Å². The van der Waals surface area contributed by atoms with Gasteiger partial charge in [-0.3, -0.25) is 4.79 Å². The van der Waals surface area contributed by atoms with Gasteiger partial charge in [0, 0.05) is 19.5 Å². The van der Waals surface area contributed by atoms with Crippen molar-refractivity contribution in [2.45, 2.75) is 32.7 Å². The van der Waals surface area contributed by atoms with Crippen LogP contribution >= 0.6 is 0 Å². The summed E-state index contributed by atoms with van der Waals surface area (Å²) in [7, 11) is 0. The molecule has 1 aliphatic heterocycles. The summed E-state index contributed by atoms with van der Waals surface area (Å²) >= 11 is 0. The minimum absolute atomic E-state index is 0.0302. The van der Waals surface area contributed by atoms with Crippen molar-refractivity contribution in [3.05, 3.63) is 0 Å². The Hall–Kier alpha value is -1.04. The fourth-order valence-electron chi connectivity index (χ4n) is 1.67. The highest BCUT2D eigenvalue weighted by molar-refractivity contribution is 5.74. The molecule has 0 aromatic carbocycles. The summed E-state index contributed by atoms with van der Waals surface area (Å²) in [5.41, 5.74) is 0. The lowest BCUT2D eigenvalue weighted by atomic mass is 9.88. The Labute approximate surface area is 73.0 Å².